The predicted molar refractivity (Wildman–Crippen MR) is 267 cm³/mol. The lowest BCUT2D eigenvalue weighted by molar-refractivity contribution is 0.273. The first kappa shape index (κ1) is 40.8. The third-order valence-electron chi connectivity index (χ3n) is 16.8. The van der Waals surface area contributed by atoms with E-state index in [0.717, 1.165) is 38.5 Å². The molecule has 0 N–H and O–H groups in total. The van der Waals surface area contributed by atoms with Crippen LogP contribution >= 0.6 is 0 Å². The molecule has 320 valence electrons. The zero-order valence-corrected chi connectivity index (χ0v) is 38.0. The van der Waals surface area contributed by atoms with E-state index < -0.39 is 0 Å². The van der Waals surface area contributed by atoms with Gasteiger partial charge in [-0.15, -0.1) is 0 Å². The molecule has 0 heteroatoms. The molecule has 0 fully saturated rings. The van der Waals surface area contributed by atoms with Crippen LogP contribution in [0.3, 0.4) is 0 Å². The molecular weight excluding hydrogens is 757 g/mol. The van der Waals surface area contributed by atoms with Crippen molar-refractivity contribution in [3.05, 3.63) is 224 Å². The predicted octanol–water partition coefficient (Wildman–Crippen LogP) is 16.6. The fourth-order valence-corrected chi connectivity index (χ4v) is 13.7. The molecule has 0 aromatic heterocycles. The van der Waals surface area contributed by atoms with Gasteiger partial charge in [0.1, 0.15) is 0 Å². The van der Waals surface area contributed by atoms with Crippen molar-refractivity contribution in [3.8, 4) is 0 Å². The second-order valence-corrected chi connectivity index (χ2v) is 20.6. The Kier molecular flexibility index (Phi) is 11.6. The number of fused-ring (bicyclic) bond motifs is 4. The molecule has 0 radical (unpaired) electrons. The van der Waals surface area contributed by atoms with Crippen molar-refractivity contribution >= 4 is 0 Å². The Labute approximate surface area is 379 Å². The highest BCUT2D eigenvalue weighted by atomic mass is 14.5. The van der Waals surface area contributed by atoms with Gasteiger partial charge in [0.05, 0.1) is 0 Å². The number of rotatable bonds is 7. The van der Waals surface area contributed by atoms with Crippen LogP contribution in [0.1, 0.15) is 104 Å². The summed E-state index contributed by atoms with van der Waals surface area (Å²) in [4.78, 5) is 0. The molecule has 0 spiro atoms. The lowest BCUT2D eigenvalue weighted by atomic mass is 9.58. The first-order chi connectivity index (χ1) is 31.1. The zero-order chi connectivity index (χ0) is 42.3. The maximum Gasteiger partial charge on any atom is 0.00961 e. The summed E-state index contributed by atoms with van der Waals surface area (Å²) in [5.41, 5.74) is 20.8. The second kappa shape index (κ2) is 17.9. The largest absolute Gasteiger partial charge is 0.0845 e. The summed E-state index contributed by atoms with van der Waals surface area (Å²) in [6.45, 7) is 5.08. The van der Waals surface area contributed by atoms with Crippen molar-refractivity contribution < 1.29 is 0 Å². The average molecular weight is 825 g/mol. The van der Waals surface area contributed by atoms with Crippen LogP contribution in [0.4, 0.5) is 0 Å². The van der Waals surface area contributed by atoms with Crippen LogP contribution in [0.5, 0.6) is 0 Å². The lowest BCUT2D eigenvalue weighted by Gasteiger charge is -2.46. The summed E-state index contributed by atoms with van der Waals surface area (Å²) in [5.74, 6) is 4.73. The summed E-state index contributed by atoms with van der Waals surface area (Å²) in [7, 11) is 0. The highest BCUT2D eigenvalue weighted by Gasteiger charge is 2.44. The third-order valence-corrected chi connectivity index (χ3v) is 16.8. The van der Waals surface area contributed by atoms with E-state index in [4.69, 9.17) is 0 Å². The lowest BCUT2D eigenvalue weighted by Crippen LogP contribution is -2.34. The van der Waals surface area contributed by atoms with Gasteiger partial charge in [0.25, 0.3) is 0 Å². The van der Waals surface area contributed by atoms with Crippen LogP contribution in [0.2, 0.25) is 0 Å². The van der Waals surface area contributed by atoms with E-state index in [0.29, 0.717) is 53.3 Å². The molecule has 0 heterocycles. The van der Waals surface area contributed by atoms with Gasteiger partial charge < -0.3 is 0 Å². The van der Waals surface area contributed by atoms with E-state index in [1.165, 1.54) is 62.5 Å². The summed E-state index contributed by atoms with van der Waals surface area (Å²) in [5, 5.41) is 0. The van der Waals surface area contributed by atoms with Crippen molar-refractivity contribution in [2.75, 3.05) is 0 Å². The van der Waals surface area contributed by atoms with Gasteiger partial charge in [-0.05, 0) is 198 Å². The quantitative estimate of drug-likeness (QED) is 0.240. The molecule has 9 atom stereocenters. The molecule has 11 rings (SSSR count). The van der Waals surface area contributed by atoms with Gasteiger partial charge in [0.15, 0.2) is 0 Å². The Morgan fingerprint density at radius 3 is 2.30 bits per heavy atom. The van der Waals surface area contributed by atoms with E-state index in [-0.39, 0.29) is 0 Å². The smallest absolute Gasteiger partial charge is 0.00961 e. The Balaban J connectivity index is 0.997. The molecule has 0 aromatic rings. The van der Waals surface area contributed by atoms with Gasteiger partial charge in [-0.25, -0.2) is 0 Å². The van der Waals surface area contributed by atoms with Crippen LogP contribution in [0.25, 0.3) is 0 Å². The minimum absolute atomic E-state index is 0.450. The molecule has 0 aromatic carbocycles. The van der Waals surface area contributed by atoms with Crippen molar-refractivity contribution in [2.24, 2.45) is 53.3 Å². The van der Waals surface area contributed by atoms with Gasteiger partial charge in [0.2, 0.25) is 0 Å². The maximum atomic E-state index is 2.77. The Hall–Kier alpha value is -4.94. The van der Waals surface area contributed by atoms with Crippen LogP contribution in [0, 0.1) is 53.3 Å². The SMILES string of the molecule is CC1CC(C2=C(C=CC3C=CC=CC3)C3=CC=CCC3C(C3C=CC=CCC3)C2)=CC=C1C1=CC2=C(CC1C)C(C1=CCCC=C1)=CC1C3=C(CCC=C3)C(C3=CCCC=C3)CC21. The first-order valence-electron chi connectivity index (χ1n) is 25.3. The van der Waals surface area contributed by atoms with Gasteiger partial charge in [-0.3, -0.25) is 0 Å². The van der Waals surface area contributed by atoms with Gasteiger partial charge in [0, 0.05) is 11.8 Å². The monoisotopic (exact) mass is 825 g/mol. The minimum Gasteiger partial charge on any atom is -0.0845 e. The molecule has 9 unspecified atom stereocenters. The fraction of sp³-hybridized carbons (Fsp3) is 0.397. The standard InChI is InChI=1S/C63H68/c1-42-36-48(59-39-56(45-22-10-3-4-11-23-45)51-29-17-16-28-50(51)54(59)34-32-44-20-8-5-9-21-44)33-35-49(42)55-38-62-60(37-43(55)2)58(47-26-14-7-15-27-47)41-61-53-31-19-18-30-52(53)57(40-63(61)62)46-24-12-6-13-25-46/h3-5,8-10,12,14,16-17,19-20,22,24-28,31-35,38,41-45,51,56-57,61,63H,6-7,11,13,15,18,21,23,29-30,36-37,39-40H2,1-2H3. The number of hydrogen-bond acceptors (Lipinski definition) is 0. The summed E-state index contributed by atoms with van der Waals surface area (Å²) < 4.78 is 0. The highest BCUT2D eigenvalue weighted by Crippen LogP contribution is 2.57. The molecule has 0 saturated heterocycles. The Morgan fingerprint density at radius 2 is 1.46 bits per heavy atom. The van der Waals surface area contributed by atoms with E-state index in [1.54, 1.807) is 61.3 Å². The summed E-state index contributed by atoms with van der Waals surface area (Å²) in [6.07, 6.45) is 78.1. The van der Waals surface area contributed by atoms with E-state index in [1.807, 2.05) is 0 Å². The van der Waals surface area contributed by atoms with Crippen LogP contribution in [0.15, 0.2) is 224 Å². The molecule has 0 bridgehead atoms. The minimum atomic E-state index is 0.450. The van der Waals surface area contributed by atoms with Crippen molar-refractivity contribution in [2.45, 2.75) is 104 Å². The van der Waals surface area contributed by atoms with E-state index in [9.17, 15) is 0 Å². The normalized spacial score (nSPS) is 34.6. The Morgan fingerprint density at radius 1 is 0.619 bits per heavy atom. The number of allylic oxidation sites excluding steroid dienone is 38. The topological polar surface area (TPSA) is 0 Å². The van der Waals surface area contributed by atoms with E-state index >= 15 is 0 Å². The summed E-state index contributed by atoms with van der Waals surface area (Å²) in [6, 6.07) is 0. The number of hydrogen-bond donors (Lipinski definition) is 0. The van der Waals surface area contributed by atoms with Crippen molar-refractivity contribution in [1.82, 2.24) is 0 Å². The van der Waals surface area contributed by atoms with Crippen LogP contribution in [-0.4, -0.2) is 0 Å². The van der Waals surface area contributed by atoms with Gasteiger partial charge in [-0.1, -0.05) is 171 Å². The third kappa shape index (κ3) is 7.89. The molecule has 11 aliphatic rings. The fourth-order valence-electron chi connectivity index (χ4n) is 13.7. The molecule has 0 amide bonds. The van der Waals surface area contributed by atoms with Crippen LogP contribution < -0.4 is 0 Å². The van der Waals surface area contributed by atoms with Crippen molar-refractivity contribution in [1.29, 1.82) is 0 Å². The molecule has 0 saturated carbocycles. The average Bonchev–Trinajstić information content (AvgIpc) is 3.63. The second-order valence-electron chi connectivity index (χ2n) is 20.6. The molecule has 0 aliphatic heterocycles. The van der Waals surface area contributed by atoms with Crippen LogP contribution in [-0.2, 0) is 0 Å². The highest BCUT2D eigenvalue weighted by molar-refractivity contribution is 5.65. The molecule has 0 nitrogen and oxygen atoms in total. The Bertz CT molecular complexity index is 2510. The molecule has 63 heavy (non-hydrogen) atoms. The first-order valence-corrected chi connectivity index (χ1v) is 25.3. The van der Waals surface area contributed by atoms with Gasteiger partial charge >= 0.3 is 0 Å². The zero-order valence-electron chi connectivity index (χ0n) is 38.0. The van der Waals surface area contributed by atoms with E-state index in [2.05, 4.69) is 166 Å². The summed E-state index contributed by atoms with van der Waals surface area (Å²) >= 11 is 0. The maximum absolute atomic E-state index is 2.77. The van der Waals surface area contributed by atoms with Crippen molar-refractivity contribution in [3.63, 3.8) is 0 Å². The molecular formula is C63H68. The van der Waals surface area contributed by atoms with Gasteiger partial charge in [-0.2, -0.15) is 0 Å². The molecule has 11 aliphatic carbocycles.